The third-order valence-corrected chi connectivity index (χ3v) is 6.30. The Bertz CT molecular complexity index is 1220. The second-order valence-electron chi connectivity index (χ2n) is 6.26. The molecule has 150 valence electrons. The molecular formula is C20H16FNO6S. The van der Waals surface area contributed by atoms with E-state index in [9.17, 15) is 28.0 Å². The molecule has 0 fully saturated rings. The lowest BCUT2D eigenvalue weighted by atomic mass is 10.1. The molecule has 1 N–H and O–H groups in total. The van der Waals surface area contributed by atoms with Crippen molar-refractivity contribution >= 4 is 15.5 Å². The fourth-order valence-electron chi connectivity index (χ4n) is 2.77. The number of phenolic OH excluding ortho intramolecular Hbond substituents is 1. The van der Waals surface area contributed by atoms with Crippen LogP contribution < -0.4 is 4.74 Å². The van der Waals surface area contributed by atoms with Crippen LogP contribution in [0.2, 0.25) is 0 Å². The van der Waals surface area contributed by atoms with Gasteiger partial charge in [0, 0.05) is 23.3 Å². The van der Waals surface area contributed by atoms with E-state index >= 15 is 0 Å². The van der Waals surface area contributed by atoms with Crippen molar-refractivity contribution in [2.24, 2.45) is 0 Å². The van der Waals surface area contributed by atoms with Crippen LogP contribution in [-0.4, -0.2) is 18.4 Å². The van der Waals surface area contributed by atoms with E-state index in [1.54, 1.807) is 13.8 Å². The van der Waals surface area contributed by atoms with Crippen molar-refractivity contribution < 1.29 is 27.6 Å². The molecule has 7 nitrogen and oxygen atoms in total. The molecule has 0 heterocycles. The molecule has 0 unspecified atom stereocenters. The average Bonchev–Trinajstić information content (AvgIpc) is 2.66. The number of aromatic hydroxyl groups is 1. The summed E-state index contributed by atoms with van der Waals surface area (Å²) in [5, 5.41) is 21.1. The first-order valence-electron chi connectivity index (χ1n) is 8.38. The lowest BCUT2D eigenvalue weighted by molar-refractivity contribution is -0.385. The largest absolute Gasteiger partial charge is 0.507 e. The molecule has 0 atom stereocenters. The van der Waals surface area contributed by atoms with Gasteiger partial charge in [0.05, 0.1) is 4.92 Å². The van der Waals surface area contributed by atoms with Crippen LogP contribution in [0.3, 0.4) is 0 Å². The van der Waals surface area contributed by atoms with Gasteiger partial charge in [-0.1, -0.05) is 12.1 Å². The maximum Gasteiger partial charge on any atom is 0.272 e. The summed E-state index contributed by atoms with van der Waals surface area (Å²) in [6, 6.07) is 11.1. The zero-order valence-corrected chi connectivity index (χ0v) is 16.2. The van der Waals surface area contributed by atoms with E-state index in [0.717, 1.165) is 24.3 Å². The predicted octanol–water partition coefficient (Wildman–Crippen LogP) is 4.68. The van der Waals surface area contributed by atoms with Crippen molar-refractivity contribution in [2.75, 3.05) is 0 Å². The quantitative estimate of drug-likeness (QED) is 0.477. The van der Waals surface area contributed by atoms with E-state index < -0.39 is 36.1 Å². The van der Waals surface area contributed by atoms with Crippen LogP contribution in [0, 0.1) is 29.8 Å². The summed E-state index contributed by atoms with van der Waals surface area (Å²) in [5.74, 6) is -1.15. The molecular weight excluding hydrogens is 401 g/mol. The van der Waals surface area contributed by atoms with E-state index in [1.165, 1.54) is 30.3 Å². The number of benzene rings is 3. The Morgan fingerprint density at radius 2 is 1.69 bits per heavy atom. The van der Waals surface area contributed by atoms with Crippen LogP contribution in [0.4, 0.5) is 10.1 Å². The molecule has 0 aliphatic rings. The van der Waals surface area contributed by atoms with Gasteiger partial charge in [0.25, 0.3) is 5.69 Å². The highest BCUT2D eigenvalue weighted by Gasteiger charge is 2.26. The maximum absolute atomic E-state index is 14.0. The van der Waals surface area contributed by atoms with Crippen LogP contribution in [0.15, 0.2) is 64.4 Å². The number of nitro groups is 1. The smallest absolute Gasteiger partial charge is 0.272 e. The van der Waals surface area contributed by atoms with Gasteiger partial charge in [0.1, 0.15) is 32.9 Å². The molecule has 3 aromatic rings. The molecule has 0 amide bonds. The number of hydrogen-bond acceptors (Lipinski definition) is 6. The summed E-state index contributed by atoms with van der Waals surface area (Å²) >= 11 is 0. The van der Waals surface area contributed by atoms with Gasteiger partial charge in [-0.2, -0.15) is 0 Å². The molecule has 29 heavy (non-hydrogen) atoms. The van der Waals surface area contributed by atoms with Crippen LogP contribution in [0.5, 0.6) is 17.2 Å². The predicted molar refractivity (Wildman–Crippen MR) is 103 cm³/mol. The van der Waals surface area contributed by atoms with Gasteiger partial charge in [-0.25, -0.2) is 12.8 Å². The number of rotatable bonds is 5. The molecule has 0 radical (unpaired) electrons. The monoisotopic (exact) mass is 417 g/mol. The van der Waals surface area contributed by atoms with E-state index in [0.29, 0.717) is 11.1 Å². The summed E-state index contributed by atoms with van der Waals surface area (Å²) in [7, 11) is -4.35. The first kappa shape index (κ1) is 20.3. The van der Waals surface area contributed by atoms with E-state index in [2.05, 4.69) is 0 Å². The third kappa shape index (κ3) is 3.77. The Labute approximate surface area is 166 Å². The number of sulfone groups is 1. The summed E-state index contributed by atoms with van der Waals surface area (Å²) in [4.78, 5) is 9.44. The highest BCUT2D eigenvalue weighted by molar-refractivity contribution is 7.91. The van der Waals surface area contributed by atoms with Gasteiger partial charge in [0.2, 0.25) is 9.84 Å². The third-order valence-electron chi connectivity index (χ3n) is 4.48. The van der Waals surface area contributed by atoms with E-state index in [4.69, 9.17) is 4.74 Å². The minimum Gasteiger partial charge on any atom is -0.507 e. The van der Waals surface area contributed by atoms with Gasteiger partial charge >= 0.3 is 0 Å². The second-order valence-corrected chi connectivity index (χ2v) is 8.14. The molecule has 0 aliphatic heterocycles. The van der Waals surface area contributed by atoms with Gasteiger partial charge in [-0.3, -0.25) is 10.1 Å². The maximum atomic E-state index is 14.0. The second kappa shape index (κ2) is 7.51. The molecule has 9 heteroatoms. The Morgan fingerprint density at radius 3 is 2.34 bits per heavy atom. The zero-order valence-electron chi connectivity index (χ0n) is 15.4. The van der Waals surface area contributed by atoms with E-state index in [1.807, 2.05) is 0 Å². The van der Waals surface area contributed by atoms with Crippen molar-refractivity contribution in [3.8, 4) is 17.2 Å². The Balaban J connectivity index is 2.04. The summed E-state index contributed by atoms with van der Waals surface area (Å²) in [6.45, 7) is 3.21. The van der Waals surface area contributed by atoms with Gasteiger partial charge in [-0.15, -0.1) is 0 Å². The molecule has 0 aromatic heterocycles. The highest BCUT2D eigenvalue weighted by atomic mass is 32.2. The molecule has 0 aliphatic carbocycles. The topological polar surface area (TPSA) is 107 Å². The summed E-state index contributed by atoms with van der Waals surface area (Å²) in [5.41, 5.74) is 0.847. The number of phenols is 1. The molecule has 0 saturated heterocycles. The molecule has 0 saturated carbocycles. The van der Waals surface area contributed by atoms with Crippen molar-refractivity contribution in [2.45, 2.75) is 23.6 Å². The van der Waals surface area contributed by atoms with Crippen molar-refractivity contribution in [3.05, 3.63) is 81.7 Å². The lowest BCUT2D eigenvalue weighted by Gasteiger charge is -2.13. The number of nitro benzene ring substituents is 1. The van der Waals surface area contributed by atoms with Crippen LogP contribution in [-0.2, 0) is 9.84 Å². The minimum absolute atomic E-state index is 0.0640. The molecule has 0 spiro atoms. The number of nitrogens with zero attached hydrogens (tertiary/aromatic N) is 1. The highest BCUT2D eigenvalue weighted by Crippen LogP contribution is 2.36. The van der Waals surface area contributed by atoms with Gasteiger partial charge in [-0.05, 0) is 44.2 Å². The van der Waals surface area contributed by atoms with Crippen LogP contribution in [0.1, 0.15) is 11.1 Å². The summed E-state index contributed by atoms with van der Waals surface area (Å²) < 4.78 is 45.3. The van der Waals surface area contributed by atoms with E-state index in [-0.39, 0.29) is 17.2 Å². The molecule has 3 aromatic carbocycles. The Kier molecular flexibility index (Phi) is 5.25. The first-order chi connectivity index (χ1) is 13.6. The number of ether oxygens (including phenoxy) is 1. The normalized spacial score (nSPS) is 11.3. The Morgan fingerprint density at radius 1 is 1.00 bits per heavy atom. The van der Waals surface area contributed by atoms with Gasteiger partial charge < -0.3 is 9.84 Å². The van der Waals surface area contributed by atoms with Crippen LogP contribution >= 0.6 is 0 Å². The van der Waals surface area contributed by atoms with Crippen molar-refractivity contribution in [3.63, 3.8) is 0 Å². The van der Waals surface area contributed by atoms with Crippen molar-refractivity contribution in [1.82, 2.24) is 0 Å². The zero-order chi connectivity index (χ0) is 21.3. The SMILES string of the molecule is Cc1c(Oc2ccc(O)c(S(=O)(=O)c3ccccc3F)c2)ccc([N+](=O)[O-])c1C. The Hall–Kier alpha value is -3.46. The average molecular weight is 417 g/mol. The van der Waals surface area contributed by atoms with Crippen LogP contribution in [0.25, 0.3) is 0 Å². The number of hydrogen-bond donors (Lipinski definition) is 1. The molecule has 3 rings (SSSR count). The molecule has 0 bridgehead atoms. The lowest BCUT2D eigenvalue weighted by Crippen LogP contribution is -2.05. The first-order valence-corrected chi connectivity index (χ1v) is 9.86. The van der Waals surface area contributed by atoms with Crippen molar-refractivity contribution in [1.29, 1.82) is 0 Å². The van der Waals surface area contributed by atoms with Gasteiger partial charge in [0.15, 0.2) is 0 Å². The summed E-state index contributed by atoms with van der Waals surface area (Å²) in [6.07, 6.45) is 0. The number of halogens is 1. The fraction of sp³-hybridized carbons (Fsp3) is 0.100. The minimum atomic E-state index is -4.35. The fourth-order valence-corrected chi connectivity index (χ4v) is 4.21. The standard InChI is InChI=1S/C20H16FNO6S/c1-12-13(2)18(10-8-16(12)22(24)25)28-14-7-9-17(23)20(11-14)29(26,27)19-6-4-3-5-15(19)21/h3-11,23H,1-2H3.